The Bertz CT molecular complexity index is 455. The second kappa shape index (κ2) is 5.14. The highest BCUT2D eigenvalue weighted by molar-refractivity contribution is 5.93. The highest BCUT2D eigenvalue weighted by Gasteiger charge is 2.27. The Morgan fingerprint density at radius 1 is 1.65 bits per heavy atom. The number of rotatable bonds is 3. The summed E-state index contributed by atoms with van der Waals surface area (Å²) in [4.78, 5) is 28.1. The van der Waals surface area contributed by atoms with Crippen molar-refractivity contribution in [1.82, 2.24) is 9.88 Å². The van der Waals surface area contributed by atoms with Crippen LogP contribution in [0.4, 0.5) is 0 Å². The molecule has 2 heterocycles. The van der Waals surface area contributed by atoms with Gasteiger partial charge in [-0.25, -0.2) is 0 Å². The van der Waals surface area contributed by atoms with Crippen LogP contribution < -0.4 is 5.43 Å². The van der Waals surface area contributed by atoms with Crippen molar-refractivity contribution in [1.29, 1.82) is 0 Å². The van der Waals surface area contributed by atoms with Gasteiger partial charge < -0.3 is 14.6 Å². The fourth-order valence-electron chi connectivity index (χ4n) is 2.14. The van der Waals surface area contributed by atoms with Gasteiger partial charge in [0.25, 0.3) is 5.91 Å². The van der Waals surface area contributed by atoms with Gasteiger partial charge in [-0.1, -0.05) is 0 Å². The highest BCUT2D eigenvalue weighted by Crippen LogP contribution is 2.17. The molecular formula is C12H16N2O3. The van der Waals surface area contributed by atoms with E-state index in [0.29, 0.717) is 25.6 Å². The van der Waals surface area contributed by atoms with Crippen molar-refractivity contribution in [2.75, 3.05) is 26.8 Å². The number of hydrogen-bond donors (Lipinski definition) is 1. The summed E-state index contributed by atoms with van der Waals surface area (Å²) < 4.78 is 5.08. The normalized spacial score (nSPS) is 19.6. The molecule has 1 saturated heterocycles. The quantitative estimate of drug-likeness (QED) is 0.830. The lowest BCUT2D eigenvalue weighted by molar-refractivity contribution is 0.0774. The van der Waals surface area contributed by atoms with E-state index in [1.165, 1.54) is 18.5 Å². The van der Waals surface area contributed by atoms with E-state index in [9.17, 15) is 9.59 Å². The molecule has 2 rings (SSSR count). The van der Waals surface area contributed by atoms with E-state index in [0.717, 1.165) is 6.42 Å². The Hall–Kier alpha value is -1.62. The van der Waals surface area contributed by atoms with Crippen LogP contribution in [0.2, 0.25) is 0 Å². The minimum absolute atomic E-state index is 0.189. The molecule has 1 N–H and O–H groups in total. The van der Waals surface area contributed by atoms with Gasteiger partial charge in [-0.3, -0.25) is 9.59 Å². The maximum absolute atomic E-state index is 12.1. The third-order valence-electron chi connectivity index (χ3n) is 3.03. The second-order valence-corrected chi connectivity index (χ2v) is 4.28. The van der Waals surface area contributed by atoms with Crippen molar-refractivity contribution in [2.45, 2.75) is 6.42 Å². The molecule has 17 heavy (non-hydrogen) atoms. The summed E-state index contributed by atoms with van der Waals surface area (Å²) in [5.74, 6) is 0.192. The molecule has 1 aliphatic rings. The summed E-state index contributed by atoms with van der Waals surface area (Å²) in [7, 11) is 1.66. The Morgan fingerprint density at radius 3 is 3.18 bits per heavy atom. The van der Waals surface area contributed by atoms with Crippen molar-refractivity contribution in [2.24, 2.45) is 5.92 Å². The zero-order chi connectivity index (χ0) is 12.3. The van der Waals surface area contributed by atoms with E-state index < -0.39 is 0 Å². The summed E-state index contributed by atoms with van der Waals surface area (Å²) in [6, 6.07) is 1.37. The van der Waals surface area contributed by atoms with Crippen LogP contribution in [-0.2, 0) is 4.74 Å². The monoisotopic (exact) mass is 236 g/mol. The molecule has 1 fully saturated rings. The van der Waals surface area contributed by atoms with E-state index in [4.69, 9.17) is 4.74 Å². The van der Waals surface area contributed by atoms with Gasteiger partial charge >= 0.3 is 0 Å². The second-order valence-electron chi connectivity index (χ2n) is 4.28. The molecule has 1 unspecified atom stereocenters. The topological polar surface area (TPSA) is 62.4 Å². The predicted octanol–water partition coefficient (Wildman–Crippen LogP) is 0.483. The van der Waals surface area contributed by atoms with E-state index in [2.05, 4.69) is 4.98 Å². The number of hydrogen-bond acceptors (Lipinski definition) is 3. The van der Waals surface area contributed by atoms with E-state index in [1.807, 2.05) is 0 Å². The molecule has 5 heteroatoms. The average Bonchev–Trinajstić information content (AvgIpc) is 2.78. The van der Waals surface area contributed by atoms with Crippen LogP contribution in [0.3, 0.4) is 0 Å². The standard InChI is InChI=1S/C12H16N2O3/c1-17-8-9-3-5-14(7-9)12(16)10-6-13-4-2-11(10)15/h2,4,6,9H,3,5,7-8H2,1H3,(H,13,15). The molecule has 0 aromatic carbocycles. The lowest BCUT2D eigenvalue weighted by Crippen LogP contribution is -2.32. The molecule has 0 saturated carbocycles. The van der Waals surface area contributed by atoms with Crippen LogP contribution in [0.25, 0.3) is 0 Å². The van der Waals surface area contributed by atoms with Gasteiger partial charge in [0.15, 0.2) is 5.43 Å². The molecule has 0 radical (unpaired) electrons. The fraction of sp³-hybridized carbons (Fsp3) is 0.500. The summed E-state index contributed by atoms with van der Waals surface area (Å²) in [6.45, 7) is 2.02. The van der Waals surface area contributed by atoms with Crippen LogP contribution in [0.5, 0.6) is 0 Å². The Labute approximate surface area is 99.4 Å². The summed E-state index contributed by atoms with van der Waals surface area (Å²) in [6.07, 6.45) is 3.93. The first-order valence-electron chi connectivity index (χ1n) is 5.67. The molecule has 0 bridgehead atoms. The highest BCUT2D eigenvalue weighted by atomic mass is 16.5. The summed E-state index contributed by atoms with van der Waals surface area (Å²) in [5.41, 5.74) is -0.0190. The van der Waals surface area contributed by atoms with Crippen LogP contribution in [0, 0.1) is 5.92 Å². The number of nitrogens with one attached hydrogen (secondary N) is 1. The first-order chi connectivity index (χ1) is 8.22. The number of likely N-dealkylation sites (tertiary alicyclic amines) is 1. The molecule has 1 aromatic heterocycles. The molecule has 92 valence electrons. The number of aromatic nitrogens is 1. The maximum Gasteiger partial charge on any atom is 0.259 e. The zero-order valence-electron chi connectivity index (χ0n) is 9.81. The third-order valence-corrected chi connectivity index (χ3v) is 3.03. The van der Waals surface area contributed by atoms with Gasteiger partial charge in [-0.05, 0) is 6.42 Å². The fourth-order valence-corrected chi connectivity index (χ4v) is 2.14. The molecule has 1 aromatic rings. The lowest BCUT2D eigenvalue weighted by atomic mass is 10.1. The first-order valence-corrected chi connectivity index (χ1v) is 5.67. The van der Waals surface area contributed by atoms with Gasteiger partial charge in [0.2, 0.25) is 0 Å². The summed E-state index contributed by atoms with van der Waals surface area (Å²) in [5, 5.41) is 0. The van der Waals surface area contributed by atoms with E-state index in [-0.39, 0.29) is 16.9 Å². The van der Waals surface area contributed by atoms with Gasteiger partial charge in [0.1, 0.15) is 5.56 Å². The molecule has 0 spiro atoms. The molecule has 1 amide bonds. The predicted molar refractivity (Wildman–Crippen MR) is 62.9 cm³/mol. The lowest BCUT2D eigenvalue weighted by Gasteiger charge is -2.15. The smallest absolute Gasteiger partial charge is 0.259 e. The van der Waals surface area contributed by atoms with Crippen LogP contribution in [0.1, 0.15) is 16.8 Å². The van der Waals surface area contributed by atoms with Gasteiger partial charge in [-0.2, -0.15) is 0 Å². The average molecular weight is 236 g/mol. The third kappa shape index (κ3) is 2.55. The minimum Gasteiger partial charge on any atom is -0.384 e. The molecule has 1 aliphatic heterocycles. The molecule has 0 aliphatic carbocycles. The number of nitrogens with zero attached hydrogens (tertiary/aromatic N) is 1. The minimum atomic E-state index is -0.232. The van der Waals surface area contributed by atoms with Crippen molar-refractivity contribution < 1.29 is 9.53 Å². The molecule has 1 atom stereocenters. The maximum atomic E-state index is 12.1. The zero-order valence-corrected chi connectivity index (χ0v) is 9.81. The number of amides is 1. The largest absolute Gasteiger partial charge is 0.384 e. The van der Waals surface area contributed by atoms with Gasteiger partial charge in [0.05, 0.1) is 6.61 Å². The SMILES string of the molecule is COCC1CCN(C(=O)c2c[nH]ccc2=O)C1. The van der Waals surface area contributed by atoms with E-state index >= 15 is 0 Å². The van der Waals surface area contributed by atoms with Crippen molar-refractivity contribution in [3.8, 4) is 0 Å². The Balaban J connectivity index is 2.07. The van der Waals surface area contributed by atoms with E-state index in [1.54, 1.807) is 12.0 Å². The Kier molecular flexibility index (Phi) is 3.58. The number of aromatic amines is 1. The number of H-pyrrole nitrogens is 1. The van der Waals surface area contributed by atoms with Gasteiger partial charge in [-0.15, -0.1) is 0 Å². The van der Waals surface area contributed by atoms with Crippen molar-refractivity contribution in [3.63, 3.8) is 0 Å². The van der Waals surface area contributed by atoms with Crippen LogP contribution in [0.15, 0.2) is 23.3 Å². The number of methoxy groups -OCH3 is 1. The van der Waals surface area contributed by atoms with Gasteiger partial charge in [0, 0.05) is 44.6 Å². The van der Waals surface area contributed by atoms with Crippen LogP contribution >= 0.6 is 0 Å². The summed E-state index contributed by atoms with van der Waals surface area (Å²) >= 11 is 0. The number of ether oxygens (including phenoxy) is 1. The number of carbonyl (C=O) groups is 1. The molecular weight excluding hydrogens is 220 g/mol. The number of pyridine rings is 1. The van der Waals surface area contributed by atoms with Crippen molar-refractivity contribution >= 4 is 5.91 Å². The van der Waals surface area contributed by atoms with Crippen molar-refractivity contribution in [3.05, 3.63) is 34.2 Å². The Morgan fingerprint density at radius 2 is 2.47 bits per heavy atom. The first kappa shape index (κ1) is 11.9. The molecule has 5 nitrogen and oxygen atoms in total. The number of carbonyl (C=O) groups excluding carboxylic acids is 1. The van der Waals surface area contributed by atoms with Crippen LogP contribution in [-0.4, -0.2) is 42.6 Å².